The maximum Gasteiger partial charge on any atom is 0.239 e. The minimum atomic E-state index is 0.126. The lowest BCUT2D eigenvalue weighted by Crippen LogP contribution is -2.46. The van der Waals surface area contributed by atoms with Crippen molar-refractivity contribution < 1.29 is 4.79 Å². The first-order valence-corrected chi connectivity index (χ1v) is 8.62. The van der Waals surface area contributed by atoms with E-state index in [0.717, 1.165) is 37.6 Å². The average Bonchev–Trinajstić information content (AvgIpc) is 2.64. The molecular formula is C14H24N2OS. The molecule has 1 amide bonds. The number of hydrogen-bond acceptors (Lipinski definition) is 3. The fourth-order valence-corrected chi connectivity index (χ4v) is 4.58. The molecule has 0 radical (unpaired) electrons. The van der Waals surface area contributed by atoms with Crippen LogP contribution in [0.3, 0.4) is 0 Å². The number of nitrogens with zero attached hydrogens (tertiary/aromatic N) is 1. The second-order valence-electron chi connectivity index (χ2n) is 5.90. The topological polar surface area (TPSA) is 32.3 Å². The van der Waals surface area contributed by atoms with Gasteiger partial charge in [0.15, 0.2) is 0 Å². The van der Waals surface area contributed by atoms with Gasteiger partial charge in [-0.25, -0.2) is 0 Å². The molecule has 102 valence electrons. The van der Waals surface area contributed by atoms with Crippen LogP contribution in [-0.4, -0.2) is 47.5 Å². The summed E-state index contributed by atoms with van der Waals surface area (Å²) < 4.78 is 0. The largest absolute Gasteiger partial charge is 0.340 e. The summed E-state index contributed by atoms with van der Waals surface area (Å²) in [5.74, 6) is 3.49. The van der Waals surface area contributed by atoms with Gasteiger partial charge in [0.1, 0.15) is 0 Å². The Bertz CT molecular complexity index is 288. The summed E-state index contributed by atoms with van der Waals surface area (Å²) in [5.41, 5.74) is 0. The molecule has 0 spiro atoms. The van der Waals surface area contributed by atoms with Crippen molar-refractivity contribution in [1.82, 2.24) is 10.2 Å². The SMILES string of the molecule is O=C(C1CC2CCCCC2N1)N1CCCSCC1. The Hall–Kier alpha value is -0.220. The van der Waals surface area contributed by atoms with E-state index >= 15 is 0 Å². The van der Waals surface area contributed by atoms with Gasteiger partial charge in [0.2, 0.25) is 5.91 Å². The van der Waals surface area contributed by atoms with Gasteiger partial charge in [-0.3, -0.25) is 4.79 Å². The molecule has 1 N–H and O–H groups in total. The number of thioether (sulfide) groups is 1. The fourth-order valence-electron chi connectivity index (χ4n) is 3.70. The summed E-state index contributed by atoms with van der Waals surface area (Å²) in [5, 5.41) is 3.61. The molecule has 4 heteroatoms. The summed E-state index contributed by atoms with van der Waals surface area (Å²) in [4.78, 5) is 14.7. The maximum atomic E-state index is 12.6. The predicted molar refractivity (Wildman–Crippen MR) is 75.8 cm³/mol. The van der Waals surface area contributed by atoms with Gasteiger partial charge in [-0.2, -0.15) is 11.8 Å². The molecule has 2 saturated heterocycles. The number of nitrogens with one attached hydrogen (secondary N) is 1. The zero-order valence-corrected chi connectivity index (χ0v) is 11.9. The molecule has 0 bridgehead atoms. The first-order chi connectivity index (χ1) is 8.84. The summed E-state index contributed by atoms with van der Waals surface area (Å²) in [7, 11) is 0. The van der Waals surface area contributed by atoms with E-state index in [4.69, 9.17) is 0 Å². The van der Waals surface area contributed by atoms with Crippen LogP contribution in [0.4, 0.5) is 0 Å². The normalized spacial score (nSPS) is 37.1. The molecule has 2 heterocycles. The molecule has 0 aromatic rings. The Labute approximate surface area is 114 Å². The Balaban J connectivity index is 1.59. The summed E-state index contributed by atoms with van der Waals surface area (Å²) in [6.45, 7) is 1.93. The minimum absolute atomic E-state index is 0.126. The highest BCUT2D eigenvalue weighted by molar-refractivity contribution is 7.99. The van der Waals surface area contributed by atoms with Gasteiger partial charge >= 0.3 is 0 Å². The lowest BCUT2D eigenvalue weighted by atomic mass is 9.85. The smallest absolute Gasteiger partial charge is 0.239 e. The van der Waals surface area contributed by atoms with Gasteiger partial charge in [-0.15, -0.1) is 0 Å². The van der Waals surface area contributed by atoms with Crippen LogP contribution in [-0.2, 0) is 4.79 Å². The number of carbonyl (C=O) groups is 1. The van der Waals surface area contributed by atoms with E-state index in [1.807, 2.05) is 11.8 Å². The Morgan fingerprint density at radius 3 is 2.89 bits per heavy atom. The lowest BCUT2D eigenvalue weighted by molar-refractivity contribution is -0.132. The zero-order chi connectivity index (χ0) is 12.4. The number of amides is 1. The van der Waals surface area contributed by atoms with Crippen LogP contribution in [0.15, 0.2) is 0 Å². The second kappa shape index (κ2) is 5.83. The Morgan fingerprint density at radius 2 is 2.00 bits per heavy atom. The highest BCUT2D eigenvalue weighted by Crippen LogP contribution is 2.33. The molecule has 3 nitrogen and oxygen atoms in total. The molecule has 3 aliphatic rings. The molecule has 3 atom stereocenters. The van der Waals surface area contributed by atoms with Crippen molar-refractivity contribution >= 4 is 17.7 Å². The van der Waals surface area contributed by atoms with Crippen molar-refractivity contribution in [3.05, 3.63) is 0 Å². The van der Waals surface area contributed by atoms with Crippen molar-refractivity contribution in [1.29, 1.82) is 0 Å². The van der Waals surface area contributed by atoms with Crippen molar-refractivity contribution in [3.63, 3.8) is 0 Å². The van der Waals surface area contributed by atoms with Crippen molar-refractivity contribution in [2.24, 2.45) is 5.92 Å². The quantitative estimate of drug-likeness (QED) is 0.788. The number of fused-ring (bicyclic) bond motifs is 1. The minimum Gasteiger partial charge on any atom is -0.340 e. The van der Waals surface area contributed by atoms with Crippen molar-refractivity contribution in [3.8, 4) is 0 Å². The van der Waals surface area contributed by atoms with E-state index in [1.165, 1.54) is 31.4 Å². The third kappa shape index (κ3) is 2.69. The number of hydrogen-bond donors (Lipinski definition) is 1. The molecule has 18 heavy (non-hydrogen) atoms. The molecule has 3 rings (SSSR count). The van der Waals surface area contributed by atoms with Crippen LogP contribution < -0.4 is 5.32 Å². The molecular weight excluding hydrogens is 244 g/mol. The van der Waals surface area contributed by atoms with Gasteiger partial charge in [-0.05, 0) is 37.4 Å². The van der Waals surface area contributed by atoms with E-state index in [2.05, 4.69) is 10.2 Å². The third-order valence-electron chi connectivity index (χ3n) is 4.69. The molecule has 2 aliphatic heterocycles. The van der Waals surface area contributed by atoms with Crippen LogP contribution in [0.5, 0.6) is 0 Å². The highest BCUT2D eigenvalue weighted by Gasteiger charge is 2.39. The van der Waals surface area contributed by atoms with Gasteiger partial charge < -0.3 is 10.2 Å². The van der Waals surface area contributed by atoms with E-state index in [-0.39, 0.29) is 6.04 Å². The highest BCUT2D eigenvalue weighted by atomic mass is 32.2. The van der Waals surface area contributed by atoms with Crippen LogP contribution in [0.1, 0.15) is 38.5 Å². The third-order valence-corrected chi connectivity index (χ3v) is 5.74. The summed E-state index contributed by atoms with van der Waals surface area (Å²) >= 11 is 1.99. The first kappa shape index (κ1) is 12.8. The van der Waals surface area contributed by atoms with E-state index in [0.29, 0.717) is 11.9 Å². The Morgan fingerprint density at radius 1 is 1.11 bits per heavy atom. The Kier molecular flexibility index (Phi) is 4.14. The van der Waals surface area contributed by atoms with Crippen LogP contribution in [0.25, 0.3) is 0 Å². The second-order valence-corrected chi connectivity index (χ2v) is 7.12. The summed E-state index contributed by atoms with van der Waals surface area (Å²) in [6.07, 6.45) is 7.57. The first-order valence-electron chi connectivity index (χ1n) is 7.47. The monoisotopic (exact) mass is 268 g/mol. The van der Waals surface area contributed by atoms with Crippen LogP contribution >= 0.6 is 11.8 Å². The van der Waals surface area contributed by atoms with E-state index in [1.54, 1.807) is 0 Å². The molecule has 3 fully saturated rings. The predicted octanol–water partition coefficient (Wildman–Crippen LogP) is 1.87. The van der Waals surface area contributed by atoms with Crippen molar-refractivity contribution in [2.75, 3.05) is 24.6 Å². The maximum absolute atomic E-state index is 12.6. The molecule has 1 aliphatic carbocycles. The summed E-state index contributed by atoms with van der Waals surface area (Å²) in [6, 6.07) is 0.759. The molecule has 0 aromatic carbocycles. The van der Waals surface area contributed by atoms with Crippen LogP contribution in [0.2, 0.25) is 0 Å². The average molecular weight is 268 g/mol. The lowest BCUT2D eigenvalue weighted by Gasteiger charge is -2.25. The molecule has 3 unspecified atom stereocenters. The zero-order valence-electron chi connectivity index (χ0n) is 11.1. The van der Waals surface area contributed by atoms with Crippen molar-refractivity contribution in [2.45, 2.75) is 50.6 Å². The van der Waals surface area contributed by atoms with Gasteiger partial charge in [-0.1, -0.05) is 12.8 Å². The van der Waals surface area contributed by atoms with Crippen LogP contribution in [0, 0.1) is 5.92 Å². The standard InChI is InChI=1S/C14H24N2OS/c17-14(16-6-3-8-18-9-7-16)13-10-11-4-1-2-5-12(11)15-13/h11-13,15H,1-10H2. The van der Waals surface area contributed by atoms with Gasteiger partial charge in [0.25, 0.3) is 0 Å². The number of carbonyl (C=O) groups excluding carboxylic acids is 1. The number of rotatable bonds is 1. The molecule has 0 aromatic heterocycles. The van der Waals surface area contributed by atoms with E-state index < -0.39 is 0 Å². The molecule has 1 saturated carbocycles. The van der Waals surface area contributed by atoms with E-state index in [9.17, 15) is 4.79 Å². The van der Waals surface area contributed by atoms with Gasteiger partial charge in [0, 0.05) is 24.9 Å². The van der Waals surface area contributed by atoms with Gasteiger partial charge in [0.05, 0.1) is 6.04 Å². The fraction of sp³-hybridized carbons (Fsp3) is 0.929.